The van der Waals surface area contributed by atoms with Gasteiger partial charge < -0.3 is 15.1 Å². The molecule has 0 atom stereocenters. The highest BCUT2D eigenvalue weighted by molar-refractivity contribution is 7.85. The fourth-order valence-corrected chi connectivity index (χ4v) is 2.58. The zero-order chi connectivity index (χ0) is 20.0. The zero-order valence-corrected chi connectivity index (χ0v) is 16.1. The number of hydrogen-bond donors (Lipinski definition) is 2. The lowest BCUT2D eigenvalue weighted by molar-refractivity contribution is 0.271. The number of rotatable bonds is 9. The van der Waals surface area contributed by atoms with E-state index in [1.54, 1.807) is 25.6 Å². The van der Waals surface area contributed by atoms with Gasteiger partial charge in [-0.05, 0) is 24.1 Å². The highest BCUT2D eigenvalue weighted by Gasteiger charge is 2.16. The average molecular weight is 405 g/mol. The van der Waals surface area contributed by atoms with Gasteiger partial charge in [-0.3, -0.25) is 9.17 Å². The summed E-state index contributed by atoms with van der Waals surface area (Å²) in [6.45, 7) is 0.316. The molecule has 3 rings (SSSR count). The smallest absolute Gasteiger partial charge is 0.264 e. The standard InChI is InChI=1S/C16H19N7O4S/c1-17-14-12(15-23-22-13(27-15)10-26-28(2,24)25)9-20-16(21-14)19-8-5-11-3-6-18-7-4-11/h3-4,6-7,9H,5,8,10H2,1-2H3,(H2,17,19,20,21). The summed E-state index contributed by atoms with van der Waals surface area (Å²) in [4.78, 5) is 12.6. The summed E-state index contributed by atoms with van der Waals surface area (Å²) in [7, 11) is -1.90. The van der Waals surface area contributed by atoms with E-state index >= 15 is 0 Å². The van der Waals surface area contributed by atoms with Gasteiger partial charge in [-0.2, -0.15) is 13.4 Å². The summed E-state index contributed by atoms with van der Waals surface area (Å²) < 4.78 is 32.2. The molecule has 0 amide bonds. The van der Waals surface area contributed by atoms with E-state index in [0.29, 0.717) is 23.9 Å². The van der Waals surface area contributed by atoms with Crippen LogP contribution in [0.15, 0.2) is 35.1 Å². The molecule has 0 saturated carbocycles. The summed E-state index contributed by atoms with van der Waals surface area (Å²) in [5.74, 6) is 1.12. The molecule has 0 aliphatic heterocycles. The van der Waals surface area contributed by atoms with E-state index < -0.39 is 10.1 Å². The molecule has 0 aliphatic carbocycles. The van der Waals surface area contributed by atoms with Crippen molar-refractivity contribution in [2.45, 2.75) is 13.0 Å². The van der Waals surface area contributed by atoms with Crippen LogP contribution in [0.4, 0.5) is 11.8 Å². The molecule has 3 heterocycles. The van der Waals surface area contributed by atoms with Crippen molar-refractivity contribution >= 4 is 21.9 Å². The molecule has 2 N–H and O–H groups in total. The van der Waals surface area contributed by atoms with Gasteiger partial charge in [-0.25, -0.2) is 4.98 Å². The molecular weight excluding hydrogens is 386 g/mol. The summed E-state index contributed by atoms with van der Waals surface area (Å²) in [5.41, 5.74) is 1.64. The summed E-state index contributed by atoms with van der Waals surface area (Å²) in [6, 6.07) is 3.90. The molecule has 0 spiro atoms. The third-order valence-electron chi connectivity index (χ3n) is 3.57. The van der Waals surface area contributed by atoms with E-state index in [2.05, 4.69) is 40.0 Å². The minimum absolute atomic E-state index is 0.0297. The number of nitrogens with zero attached hydrogens (tertiary/aromatic N) is 5. The van der Waals surface area contributed by atoms with E-state index in [0.717, 1.165) is 18.2 Å². The molecule has 3 aromatic rings. The summed E-state index contributed by atoms with van der Waals surface area (Å²) >= 11 is 0. The van der Waals surface area contributed by atoms with Crippen molar-refractivity contribution in [2.24, 2.45) is 0 Å². The average Bonchev–Trinajstić information content (AvgIpc) is 3.15. The van der Waals surface area contributed by atoms with Gasteiger partial charge in [0.05, 0.1) is 11.8 Å². The first-order chi connectivity index (χ1) is 13.4. The molecule has 28 heavy (non-hydrogen) atoms. The third-order valence-corrected chi connectivity index (χ3v) is 4.11. The van der Waals surface area contributed by atoms with Crippen LogP contribution in [0.5, 0.6) is 0 Å². The molecular formula is C16H19N7O4S. The van der Waals surface area contributed by atoms with Crippen LogP contribution in [0, 0.1) is 0 Å². The van der Waals surface area contributed by atoms with Crippen molar-refractivity contribution in [3.63, 3.8) is 0 Å². The van der Waals surface area contributed by atoms with Gasteiger partial charge in [0.25, 0.3) is 16.0 Å². The Morgan fingerprint density at radius 3 is 2.71 bits per heavy atom. The molecule has 0 radical (unpaired) electrons. The van der Waals surface area contributed by atoms with Gasteiger partial charge in [0.1, 0.15) is 12.4 Å². The first-order valence-electron chi connectivity index (χ1n) is 8.29. The zero-order valence-electron chi connectivity index (χ0n) is 15.3. The monoisotopic (exact) mass is 405 g/mol. The van der Waals surface area contributed by atoms with Crippen LogP contribution in [-0.4, -0.2) is 53.4 Å². The molecule has 12 heteroatoms. The van der Waals surface area contributed by atoms with Crippen molar-refractivity contribution < 1.29 is 17.0 Å². The molecule has 0 saturated heterocycles. The molecule has 11 nitrogen and oxygen atoms in total. The van der Waals surface area contributed by atoms with Crippen molar-refractivity contribution in [2.75, 3.05) is 30.5 Å². The van der Waals surface area contributed by atoms with Crippen molar-refractivity contribution in [1.29, 1.82) is 0 Å². The number of pyridine rings is 1. The first-order valence-corrected chi connectivity index (χ1v) is 10.1. The van der Waals surface area contributed by atoms with Gasteiger partial charge in [-0.15, -0.1) is 10.2 Å². The molecule has 0 aromatic carbocycles. The molecule has 3 aromatic heterocycles. The molecule has 0 bridgehead atoms. The van der Waals surface area contributed by atoms with E-state index in [1.165, 1.54) is 0 Å². The van der Waals surface area contributed by atoms with Gasteiger partial charge in [0.2, 0.25) is 11.8 Å². The van der Waals surface area contributed by atoms with Crippen LogP contribution in [0.25, 0.3) is 11.5 Å². The first kappa shape index (κ1) is 19.6. The Hall–Kier alpha value is -3.12. The minimum atomic E-state index is -3.60. The van der Waals surface area contributed by atoms with Crippen molar-refractivity contribution in [1.82, 2.24) is 25.1 Å². The van der Waals surface area contributed by atoms with E-state index in [9.17, 15) is 8.42 Å². The van der Waals surface area contributed by atoms with Crippen LogP contribution in [0.1, 0.15) is 11.5 Å². The largest absolute Gasteiger partial charge is 0.418 e. The maximum Gasteiger partial charge on any atom is 0.264 e. The summed E-state index contributed by atoms with van der Waals surface area (Å²) in [5, 5.41) is 13.8. The maximum atomic E-state index is 11.0. The van der Waals surface area contributed by atoms with E-state index in [4.69, 9.17) is 4.42 Å². The van der Waals surface area contributed by atoms with Gasteiger partial charge in [0.15, 0.2) is 0 Å². The minimum Gasteiger partial charge on any atom is -0.418 e. The number of anilines is 2. The Labute approximate surface area is 161 Å². The SMILES string of the molecule is CNc1nc(NCCc2ccncc2)ncc1-c1nnc(COS(C)(=O)=O)o1. The van der Waals surface area contributed by atoms with Gasteiger partial charge in [0, 0.05) is 32.2 Å². The maximum absolute atomic E-state index is 11.0. The molecule has 0 unspecified atom stereocenters. The second-order valence-corrected chi connectivity index (χ2v) is 7.35. The predicted octanol–water partition coefficient (Wildman–Crippen LogP) is 1.09. The Morgan fingerprint density at radius 2 is 2.00 bits per heavy atom. The normalized spacial score (nSPS) is 11.4. The van der Waals surface area contributed by atoms with Crippen LogP contribution in [0.3, 0.4) is 0 Å². The van der Waals surface area contributed by atoms with Gasteiger partial charge >= 0.3 is 0 Å². The fourth-order valence-electron chi connectivity index (χ4n) is 2.26. The lowest BCUT2D eigenvalue weighted by Crippen LogP contribution is -2.09. The topological polar surface area (TPSA) is 145 Å². The fraction of sp³-hybridized carbons (Fsp3) is 0.312. The Kier molecular flexibility index (Phi) is 6.11. The van der Waals surface area contributed by atoms with Gasteiger partial charge in [-0.1, -0.05) is 0 Å². The van der Waals surface area contributed by atoms with Crippen LogP contribution in [0.2, 0.25) is 0 Å². The van der Waals surface area contributed by atoms with Crippen LogP contribution in [-0.2, 0) is 27.3 Å². The van der Waals surface area contributed by atoms with Crippen molar-refractivity contribution in [3.8, 4) is 11.5 Å². The Bertz CT molecular complexity index is 1020. The molecule has 148 valence electrons. The Morgan fingerprint density at radius 1 is 1.21 bits per heavy atom. The third kappa shape index (κ3) is 5.44. The van der Waals surface area contributed by atoms with Crippen LogP contribution >= 0.6 is 0 Å². The highest BCUT2D eigenvalue weighted by atomic mass is 32.2. The lowest BCUT2D eigenvalue weighted by atomic mass is 10.2. The van der Waals surface area contributed by atoms with Crippen LogP contribution < -0.4 is 10.6 Å². The number of nitrogens with one attached hydrogen (secondary N) is 2. The Balaban J connectivity index is 1.67. The molecule has 0 fully saturated rings. The van der Waals surface area contributed by atoms with E-state index in [1.807, 2.05) is 12.1 Å². The predicted molar refractivity (Wildman–Crippen MR) is 101 cm³/mol. The van der Waals surface area contributed by atoms with E-state index in [-0.39, 0.29) is 18.4 Å². The summed E-state index contributed by atoms with van der Waals surface area (Å²) in [6.07, 6.45) is 6.79. The quantitative estimate of drug-likeness (QED) is 0.493. The van der Waals surface area contributed by atoms with Crippen molar-refractivity contribution in [3.05, 3.63) is 42.2 Å². The second-order valence-electron chi connectivity index (χ2n) is 5.71. The second kappa shape index (κ2) is 8.71. The highest BCUT2D eigenvalue weighted by Crippen LogP contribution is 2.25. The lowest BCUT2D eigenvalue weighted by Gasteiger charge is -2.09. The molecule has 0 aliphatic rings. The number of hydrogen-bond acceptors (Lipinski definition) is 11. The number of aromatic nitrogens is 5.